The smallest absolute Gasteiger partial charge is 0.309 e. The molecule has 0 spiro atoms. The lowest BCUT2D eigenvalue weighted by atomic mass is 11.2. The van der Waals surface area contributed by atoms with Gasteiger partial charge in [-0.25, -0.2) is 4.79 Å². The maximum absolute atomic E-state index is 9.00. The molecule has 0 atom stereocenters. The number of urea groups is 1. The number of carbonyl (C=O) groups is 1. The molecule has 0 aliphatic heterocycles. The Kier molecular flexibility index (Phi) is 25.7. The van der Waals surface area contributed by atoms with Gasteiger partial charge in [0.15, 0.2) is 0 Å². The van der Waals surface area contributed by atoms with Gasteiger partial charge in [-0.2, -0.15) is 0 Å². The van der Waals surface area contributed by atoms with Gasteiger partial charge in [-0.15, -0.1) is 30.3 Å². The maximum atomic E-state index is 9.00. The fourth-order valence-electron chi connectivity index (χ4n) is 0. The SMILES string of the molecule is NC(N)=O.O=[N+]([O-])O.O=[N+]([O-])O.O=[N+]([O-])O. The summed E-state index contributed by atoms with van der Waals surface area (Å²) in [4.78, 5) is 34.1. The van der Waals surface area contributed by atoms with Crippen molar-refractivity contribution in [2.75, 3.05) is 0 Å². The highest BCUT2D eigenvalue weighted by Crippen LogP contribution is 1.39. The van der Waals surface area contributed by atoms with E-state index in [0.717, 1.165) is 0 Å². The average molecular weight is 249 g/mol. The normalized spacial score (nSPS) is 6.00. The minimum Gasteiger partial charge on any atom is -0.352 e. The van der Waals surface area contributed by atoms with E-state index in [4.69, 9.17) is 50.8 Å². The van der Waals surface area contributed by atoms with E-state index in [0.29, 0.717) is 0 Å². The van der Waals surface area contributed by atoms with Gasteiger partial charge >= 0.3 is 6.03 Å². The van der Waals surface area contributed by atoms with Crippen LogP contribution in [-0.2, 0) is 0 Å². The van der Waals surface area contributed by atoms with Crippen molar-refractivity contribution >= 4 is 6.03 Å². The number of hydrogen-bond donors (Lipinski definition) is 5. The van der Waals surface area contributed by atoms with Crippen LogP contribution >= 0.6 is 0 Å². The molecular weight excluding hydrogens is 242 g/mol. The van der Waals surface area contributed by atoms with Crippen molar-refractivity contribution in [3.05, 3.63) is 30.3 Å². The van der Waals surface area contributed by atoms with Crippen LogP contribution in [0.2, 0.25) is 0 Å². The maximum Gasteiger partial charge on any atom is 0.309 e. The minimum atomic E-state index is -1.50. The molecule has 0 aromatic carbocycles. The van der Waals surface area contributed by atoms with Gasteiger partial charge in [0.05, 0.1) is 0 Å². The first-order chi connectivity index (χ1) is 6.93. The van der Waals surface area contributed by atoms with Crippen LogP contribution in [0.3, 0.4) is 0 Å². The standard InChI is InChI=1S/CH4N2O.3HNO3/c4*2-1(3)4/h(H4,2,3,4);3*(H,2,3,4). The highest BCUT2D eigenvalue weighted by molar-refractivity contribution is 5.69. The lowest BCUT2D eigenvalue weighted by Gasteiger charge is -1.62. The number of rotatable bonds is 0. The number of hydrogen-bond acceptors (Lipinski definition) is 7. The van der Waals surface area contributed by atoms with Crippen molar-refractivity contribution in [2.45, 2.75) is 0 Å². The van der Waals surface area contributed by atoms with Gasteiger partial charge in [0.2, 0.25) is 0 Å². The molecule has 0 aromatic rings. The van der Waals surface area contributed by atoms with E-state index >= 15 is 0 Å². The molecule has 15 heteroatoms. The van der Waals surface area contributed by atoms with Gasteiger partial charge in [-0.3, -0.25) is 0 Å². The highest BCUT2D eigenvalue weighted by Gasteiger charge is 1.66. The molecule has 0 saturated heterocycles. The van der Waals surface area contributed by atoms with Crippen LogP contribution in [0, 0.1) is 30.3 Å². The first kappa shape index (κ1) is 23.0. The molecule has 0 aliphatic carbocycles. The lowest BCUT2D eigenvalue weighted by Crippen LogP contribution is -2.18. The molecule has 7 N–H and O–H groups in total. The summed E-state index contributed by atoms with van der Waals surface area (Å²) in [6.07, 6.45) is 0. The molecule has 96 valence electrons. The van der Waals surface area contributed by atoms with E-state index in [1.54, 1.807) is 0 Å². The molecule has 15 nitrogen and oxygen atoms in total. The van der Waals surface area contributed by atoms with Crippen molar-refractivity contribution in [3.8, 4) is 0 Å². The second-order valence-corrected chi connectivity index (χ2v) is 1.12. The van der Waals surface area contributed by atoms with Gasteiger partial charge in [0.1, 0.15) is 0 Å². The van der Waals surface area contributed by atoms with Crippen LogP contribution in [0.1, 0.15) is 0 Å². The Morgan fingerprint density at radius 1 is 0.812 bits per heavy atom. The summed E-state index contributed by atoms with van der Waals surface area (Å²) in [6.45, 7) is 0. The van der Waals surface area contributed by atoms with Crippen LogP contribution in [0.5, 0.6) is 0 Å². The first-order valence-corrected chi connectivity index (χ1v) is 2.48. The van der Waals surface area contributed by atoms with Crippen molar-refractivity contribution in [1.29, 1.82) is 0 Å². The predicted molar refractivity (Wildman–Crippen MR) is 40.1 cm³/mol. The van der Waals surface area contributed by atoms with Crippen molar-refractivity contribution in [2.24, 2.45) is 11.5 Å². The van der Waals surface area contributed by atoms with E-state index in [1.165, 1.54) is 0 Å². The van der Waals surface area contributed by atoms with E-state index in [-0.39, 0.29) is 0 Å². The van der Waals surface area contributed by atoms with Gasteiger partial charge < -0.3 is 27.1 Å². The van der Waals surface area contributed by atoms with E-state index in [9.17, 15) is 0 Å². The quantitative estimate of drug-likeness (QED) is 0.232. The molecule has 0 rings (SSSR count). The number of carbonyl (C=O) groups excluding carboxylic acids is 1. The number of nitrogens with two attached hydrogens (primary N) is 2. The molecular formula is CH7N5O10. The Hall–Kier alpha value is -3.13. The van der Waals surface area contributed by atoms with E-state index < -0.39 is 21.3 Å². The Bertz CT molecular complexity index is 159. The average Bonchev–Trinajstić information content (AvgIpc) is 1.76. The molecule has 0 aliphatic rings. The second-order valence-electron chi connectivity index (χ2n) is 1.12. The predicted octanol–water partition coefficient (Wildman–Crippen LogP) is -2.02. The lowest BCUT2D eigenvalue weighted by molar-refractivity contribution is -0.742. The topological polar surface area (TPSA) is 259 Å². The second kappa shape index (κ2) is 17.8. The molecule has 0 aromatic heterocycles. The molecule has 2 amide bonds. The zero-order chi connectivity index (χ0) is 14.3. The molecule has 0 saturated carbocycles. The number of amides is 2. The molecule has 0 bridgehead atoms. The fraction of sp³-hybridized carbons (Fsp3) is 0. The summed E-state index contributed by atoms with van der Waals surface area (Å²) in [6, 6.07) is -0.833. The van der Waals surface area contributed by atoms with Gasteiger partial charge in [-0.05, 0) is 0 Å². The largest absolute Gasteiger partial charge is 0.352 e. The Morgan fingerprint density at radius 3 is 0.812 bits per heavy atom. The first-order valence-electron chi connectivity index (χ1n) is 2.48. The fourth-order valence-corrected chi connectivity index (χ4v) is 0. The Balaban J connectivity index is -0.0000000600. The Labute approximate surface area is 84.8 Å². The van der Waals surface area contributed by atoms with Gasteiger partial charge in [-0.1, -0.05) is 0 Å². The van der Waals surface area contributed by atoms with E-state index in [2.05, 4.69) is 11.5 Å². The summed E-state index contributed by atoms with van der Waals surface area (Å²) < 4.78 is 0. The summed E-state index contributed by atoms with van der Waals surface area (Å²) >= 11 is 0. The third kappa shape index (κ3) is 108. The summed E-state index contributed by atoms with van der Waals surface area (Å²) in [5.41, 5.74) is 8.50. The molecule has 16 heavy (non-hydrogen) atoms. The number of nitrogens with zero attached hydrogens (tertiary/aromatic N) is 3. The van der Waals surface area contributed by atoms with Gasteiger partial charge in [0, 0.05) is 0 Å². The summed E-state index contributed by atoms with van der Waals surface area (Å²) in [5.74, 6) is 0. The van der Waals surface area contributed by atoms with Crippen LogP contribution < -0.4 is 11.5 Å². The third-order valence-corrected chi connectivity index (χ3v) is 0. The monoisotopic (exact) mass is 249 g/mol. The molecule has 0 fully saturated rings. The van der Waals surface area contributed by atoms with Crippen molar-refractivity contribution in [3.63, 3.8) is 0 Å². The third-order valence-electron chi connectivity index (χ3n) is 0. The number of primary amides is 2. The summed E-state index contributed by atoms with van der Waals surface area (Å²) in [5, 5.41) is 40.9. The van der Waals surface area contributed by atoms with E-state index in [1.807, 2.05) is 0 Å². The van der Waals surface area contributed by atoms with Crippen molar-refractivity contribution < 1.29 is 35.7 Å². The van der Waals surface area contributed by atoms with Crippen LogP contribution in [0.4, 0.5) is 4.79 Å². The Morgan fingerprint density at radius 2 is 0.812 bits per heavy atom. The van der Waals surface area contributed by atoms with Crippen molar-refractivity contribution in [1.82, 2.24) is 0 Å². The highest BCUT2D eigenvalue weighted by atomic mass is 16.9. The van der Waals surface area contributed by atoms with Crippen LogP contribution in [0.15, 0.2) is 0 Å². The zero-order valence-electron chi connectivity index (χ0n) is 7.20. The summed E-state index contributed by atoms with van der Waals surface area (Å²) in [7, 11) is 0. The van der Waals surface area contributed by atoms with Crippen LogP contribution in [-0.4, -0.2) is 36.9 Å². The van der Waals surface area contributed by atoms with Crippen LogP contribution in [0.25, 0.3) is 0 Å². The minimum absolute atomic E-state index is 0.833. The van der Waals surface area contributed by atoms with Gasteiger partial charge in [0.25, 0.3) is 15.3 Å². The molecule has 0 radical (unpaired) electrons. The molecule has 0 unspecified atom stereocenters. The molecule has 0 heterocycles. The zero-order valence-corrected chi connectivity index (χ0v) is 7.20.